The van der Waals surface area contributed by atoms with E-state index in [0.717, 1.165) is 4.88 Å². The minimum absolute atomic E-state index is 0.118. The summed E-state index contributed by atoms with van der Waals surface area (Å²) in [6.45, 7) is 0.686. The Bertz CT molecular complexity index is 1130. The van der Waals surface area contributed by atoms with Crippen molar-refractivity contribution in [2.45, 2.75) is 6.54 Å². The summed E-state index contributed by atoms with van der Waals surface area (Å²) in [5.74, 6) is -0.0226. The minimum Gasteiger partial charge on any atom is -0.486 e. The Kier molecular flexibility index (Phi) is 6.31. The monoisotopic (exact) mass is 454 g/mol. The molecule has 0 atom stereocenters. The molecule has 0 unspecified atom stereocenters. The molecule has 0 aliphatic carbocycles. The summed E-state index contributed by atoms with van der Waals surface area (Å²) in [6.07, 6.45) is 0. The first kappa shape index (κ1) is 21.3. The normalized spacial score (nSPS) is 12.1. The van der Waals surface area contributed by atoms with Gasteiger partial charge in [-0.25, -0.2) is 4.79 Å². The van der Waals surface area contributed by atoms with E-state index < -0.39 is 23.4 Å². The van der Waals surface area contributed by atoms with Crippen molar-refractivity contribution >= 4 is 34.6 Å². The van der Waals surface area contributed by atoms with E-state index in [1.807, 2.05) is 17.5 Å². The number of nitro groups is 1. The van der Waals surface area contributed by atoms with Crippen LogP contribution in [0.1, 0.15) is 15.2 Å². The quantitative estimate of drug-likeness (QED) is 0.303. The van der Waals surface area contributed by atoms with Crippen LogP contribution in [0.15, 0.2) is 60.0 Å². The van der Waals surface area contributed by atoms with Crippen molar-refractivity contribution in [2.75, 3.05) is 24.7 Å². The van der Waals surface area contributed by atoms with Crippen LogP contribution in [-0.2, 0) is 16.1 Å². The average Bonchev–Trinajstić information content (AvgIpc) is 3.34. The highest BCUT2D eigenvalue weighted by molar-refractivity contribution is 7.09. The van der Waals surface area contributed by atoms with Crippen molar-refractivity contribution < 1.29 is 28.7 Å². The van der Waals surface area contributed by atoms with E-state index in [4.69, 9.17) is 14.2 Å². The van der Waals surface area contributed by atoms with Crippen molar-refractivity contribution in [3.63, 3.8) is 0 Å². The molecule has 0 fully saturated rings. The van der Waals surface area contributed by atoms with E-state index in [0.29, 0.717) is 36.9 Å². The molecule has 3 aromatic rings. The Balaban J connectivity index is 1.49. The van der Waals surface area contributed by atoms with E-state index >= 15 is 0 Å². The maximum Gasteiger partial charge on any atom is 0.338 e. The number of carbonyl (C=O) groups excluding carboxylic acids is 2. The second kappa shape index (κ2) is 9.48. The highest BCUT2D eigenvalue weighted by Crippen LogP contribution is 2.34. The molecule has 9 nitrogen and oxygen atoms in total. The SMILES string of the molecule is O=C(OCC(=O)N(Cc1cccs1)c1ccc2c(c1)OCCO2)c1ccc([N+](=O)[O-])cc1. The number of fused-ring (bicyclic) bond motifs is 1. The Labute approximate surface area is 186 Å². The second-order valence-electron chi connectivity index (χ2n) is 6.77. The fourth-order valence-corrected chi connectivity index (χ4v) is 3.78. The third kappa shape index (κ3) is 4.86. The molecule has 0 bridgehead atoms. The number of hydrogen-bond donors (Lipinski definition) is 0. The van der Waals surface area contributed by atoms with Crippen LogP contribution in [0.4, 0.5) is 11.4 Å². The zero-order valence-electron chi connectivity index (χ0n) is 16.8. The highest BCUT2D eigenvalue weighted by atomic mass is 32.1. The molecular weight excluding hydrogens is 436 g/mol. The van der Waals surface area contributed by atoms with Crippen molar-refractivity contribution in [3.8, 4) is 11.5 Å². The van der Waals surface area contributed by atoms with Gasteiger partial charge >= 0.3 is 5.97 Å². The van der Waals surface area contributed by atoms with Gasteiger partial charge in [0.1, 0.15) is 13.2 Å². The van der Waals surface area contributed by atoms with Crippen LogP contribution in [0.2, 0.25) is 0 Å². The van der Waals surface area contributed by atoms with Gasteiger partial charge in [-0.05, 0) is 35.7 Å². The molecule has 2 aromatic carbocycles. The van der Waals surface area contributed by atoms with Crippen molar-refractivity contribution in [2.24, 2.45) is 0 Å². The van der Waals surface area contributed by atoms with Gasteiger partial charge in [0, 0.05) is 28.8 Å². The van der Waals surface area contributed by atoms with Crippen LogP contribution in [0.25, 0.3) is 0 Å². The van der Waals surface area contributed by atoms with Gasteiger partial charge in [-0.15, -0.1) is 11.3 Å². The summed E-state index contributed by atoms with van der Waals surface area (Å²) < 4.78 is 16.3. The number of carbonyl (C=O) groups is 2. The molecule has 1 aliphatic heterocycles. The van der Waals surface area contributed by atoms with Gasteiger partial charge in [0.15, 0.2) is 18.1 Å². The smallest absolute Gasteiger partial charge is 0.338 e. The lowest BCUT2D eigenvalue weighted by Crippen LogP contribution is -2.34. The number of benzene rings is 2. The van der Waals surface area contributed by atoms with E-state index in [9.17, 15) is 19.7 Å². The maximum atomic E-state index is 13.0. The lowest BCUT2D eigenvalue weighted by Gasteiger charge is -2.25. The van der Waals surface area contributed by atoms with Crippen LogP contribution in [0.5, 0.6) is 11.5 Å². The molecule has 164 valence electrons. The molecule has 1 aliphatic rings. The highest BCUT2D eigenvalue weighted by Gasteiger charge is 2.22. The molecule has 0 saturated carbocycles. The third-order valence-electron chi connectivity index (χ3n) is 4.67. The molecule has 32 heavy (non-hydrogen) atoms. The number of esters is 1. The number of hydrogen-bond acceptors (Lipinski definition) is 8. The van der Waals surface area contributed by atoms with Gasteiger partial charge < -0.3 is 19.1 Å². The molecule has 2 heterocycles. The van der Waals surface area contributed by atoms with Crippen LogP contribution in [0.3, 0.4) is 0 Å². The number of thiophene rings is 1. The zero-order chi connectivity index (χ0) is 22.5. The number of ether oxygens (including phenoxy) is 3. The van der Waals surface area contributed by atoms with Gasteiger partial charge in [-0.1, -0.05) is 6.07 Å². The first-order valence-corrected chi connectivity index (χ1v) is 10.5. The Morgan fingerprint density at radius 1 is 1.06 bits per heavy atom. The van der Waals surface area contributed by atoms with E-state index in [1.54, 1.807) is 18.2 Å². The summed E-state index contributed by atoms with van der Waals surface area (Å²) >= 11 is 1.50. The predicted octanol–water partition coefficient (Wildman–Crippen LogP) is 3.82. The number of amides is 1. The molecule has 1 amide bonds. The van der Waals surface area contributed by atoms with Crippen molar-refractivity contribution in [3.05, 3.63) is 80.5 Å². The van der Waals surface area contributed by atoms with Gasteiger partial charge in [0.05, 0.1) is 17.0 Å². The van der Waals surface area contributed by atoms with Crippen molar-refractivity contribution in [1.82, 2.24) is 0 Å². The zero-order valence-corrected chi connectivity index (χ0v) is 17.6. The van der Waals surface area contributed by atoms with Crippen LogP contribution in [0, 0.1) is 10.1 Å². The summed E-state index contributed by atoms with van der Waals surface area (Å²) in [7, 11) is 0. The van der Waals surface area contributed by atoms with E-state index in [2.05, 4.69) is 0 Å². The number of rotatable bonds is 7. The molecule has 10 heteroatoms. The maximum absolute atomic E-state index is 13.0. The Hall–Kier alpha value is -3.92. The van der Waals surface area contributed by atoms with Gasteiger partial charge in [-0.3, -0.25) is 14.9 Å². The molecule has 0 spiro atoms. The van der Waals surface area contributed by atoms with Crippen LogP contribution >= 0.6 is 11.3 Å². The second-order valence-corrected chi connectivity index (χ2v) is 7.80. The minimum atomic E-state index is -0.744. The number of non-ortho nitro benzene ring substituents is 1. The molecule has 4 rings (SSSR count). The molecule has 0 radical (unpaired) electrons. The van der Waals surface area contributed by atoms with E-state index in [1.165, 1.54) is 40.5 Å². The largest absolute Gasteiger partial charge is 0.486 e. The predicted molar refractivity (Wildman–Crippen MR) is 116 cm³/mol. The van der Waals surface area contributed by atoms with Gasteiger partial charge in [-0.2, -0.15) is 0 Å². The third-order valence-corrected chi connectivity index (χ3v) is 5.53. The molecule has 0 N–H and O–H groups in total. The Morgan fingerprint density at radius 3 is 2.50 bits per heavy atom. The summed E-state index contributed by atoms with van der Waals surface area (Å²) in [5.41, 5.74) is 0.560. The lowest BCUT2D eigenvalue weighted by molar-refractivity contribution is -0.384. The molecular formula is C22H18N2O7S. The Morgan fingerprint density at radius 2 is 1.81 bits per heavy atom. The number of nitro benzene ring substituents is 1. The summed E-state index contributed by atoms with van der Waals surface area (Å²) in [4.78, 5) is 38.0. The first-order chi connectivity index (χ1) is 15.5. The van der Waals surface area contributed by atoms with Crippen LogP contribution < -0.4 is 14.4 Å². The molecule has 0 saturated heterocycles. The van der Waals surface area contributed by atoms with Crippen LogP contribution in [-0.4, -0.2) is 36.6 Å². The fraction of sp³-hybridized carbons (Fsp3) is 0.182. The fourth-order valence-electron chi connectivity index (χ4n) is 3.09. The van der Waals surface area contributed by atoms with Gasteiger partial charge in [0.2, 0.25) is 0 Å². The first-order valence-electron chi connectivity index (χ1n) is 9.65. The number of anilines is 1. The number of nitrogens with zero attached hydrogens (tertiary/aromatic N) is 2. The summed E-state index contributed by atoms with van der Waals surface area (Å²) in [5, 5.41) is 12.7. The topological polar surface area (TPSA) is 108 Å². The molecule has 1 aromatic heterocycles. The van der Waals surface area contributed by atoms with Crippen molar-refractivity contribution in [1.29, 1.82) is 0 Å². The van der Waals surface area contributed by atoms with E-state index in [-0.39, 0.29) is 11.3 Å². The average molecular weight is 454 g/mol. The lowest BCUT2D eigenvalue weighted by atomic mass is 10.2. The van der Waals surface area contributed by atoms with Gasteiger partial charge in [0.25, 0.3) is 11.6 Å². The summed E-state index contributed by atoms with van der Waals surface area (Å²) in [6, 6.07) is 14.0. The standard InChI is InChI=1S/C22H18N2O7S/c25-21(14-31-22(26)15-3-5-16(6-4-15)24(27)28)23(13-18-2-1-11-32-18)17-7-8-19-20(12-17)30-10-9-29-19/h1-8,11-12H,9-10,13-14H2.